The molecule has 0 amide bonds. The maximum atomic E-state index is 10.9. The van der Waals surface area contributed by atoms with E-state index < -0.39 is 15.8 Å². The highest BCUT2D eigenvalue weighted by Gasteiger charge is 2.08. The largest absolute Gasteiger partial charge is 0.492 e. The number of ether oxygens (including phenoxy) is 1. The molecule has 0 saturated carbocycles. The minimum atomic E-state index is -3.00. The summed E-state index contributed by atoms with van der Waals surface area (Å²) in [5.41, 5.74) is 0.122. The van der Waals surface area contributed by atoms with Gasteiger partial charge >= 0.3 is 5.97 Å². The Bertz CT molecular complexity index is 538. The molecule has 1 aromatic carbocycles. The first kappa shape index (κ1) is 15.0. The Morgan fingerprint density at radius 3 is 2.67 bits per heavy atom. The fourth-order valence-corrected chi connectivity index (χ4v) is 2.25. The fourth-order valence-electron chi connectivity index (χ4n) is 1.25. The summed E-state index contributed by atoms with van der Waals surface area (Å²) in [7, 11) is -3.00. The maximum absolute atomic E-state index is 10.9. The molecule has 5 nitrogen and oxygen atoms in total. The quantitative estimate of drug-likeness (QED) is 0.803. The van der Waals surface area contributed by atoms with E-state index >= 15 is 0 Å². The Hall–Kier alpha value is -1.08. The molecule has 0 atom stereocenters. The zero-order valence-corrected chi connectivity index (χ0v) is 12.1. The van der Waals surface area contributed by atoms with Gasteiger partial charge in [-0.3, -0.25) is 0 Å². The zero-order chi connectivity index (χ0) is 13.8. The second kappa shape index (κ2) is 6.19. The van der Waals surface area contributed by atoms with Crippen LogP contribution in [0.25, 0.3) is 0 Å². The molecule has 0 aliphatic carbocycles. The van der Waals surface area contributed by atoms with Crippen LogP contribution in [0.5, 0.6) is 5.75 Å². The van der Waals surface area contributed by atoms with E-state index in [9.17, 15) is 13.2 Å². The summed E-state index contributed by atoms with van der Waals surface area (Å²) >= 11 is 3.23. The van der Waals surface area contributed by atoms with Gasteiger partial charge in [-0.25, -0.2) is 13.2 Å². The minimum absolute atomic E-state index is 0.0449. The van der Waals surface area contributed by atoms with Crippen LogP contribution in [0.15, 0.2) is 22.7 Å². The highest BCUT2D eigenvalue weighted by Crippen LogP contribution is 2.26. The van der Waals surface area contributed by atoms with Crippen molar-refractivity contribution < 1.29 is 23.1 Å². The Kier molecular flexibility index (Phi) is 5.15. The molecule has 0 aliphatic rings. The van der Waals surface area contributed by atoms with E-state index in [2.05, 4.69) is 15.9 Å². The van der Waals surface area contributed by atoms with Crippen LogP contribution in [0.2, 0.25) is 0 Å². The first-order valence-electron chi connectivity index (χ1n) is 5.13. The number of halogens is 1. The Morgan fingerprint density at radius 2 is 2.11 bits per heavy atom. The van der Waals surface area contributed by atoms with Gasteiger partial charge in [0.15, 0.2) is 0 Å². The van der Waals surface area contributed by atoms with Gasteiger partial charge in [0.05, 0.1) is 22.4 Å². The molecular formula is C11H13BrO5S. The van der Waals surface area contributed by atoms with Crippen molar-refractivity contribution in [3.63, 3.8) is 0 Å². The summed E-state index contributed by atoms with van der Waals surface area (Å²) in [6.07, 6.45) is 1.52. The molecular weight excluding hydrogens is 324 g/mol. The van der Waals surface area contributed by atoms with Crippen LogP contribution in [0, 0.1) is 0 Å². The van der Waals surface area contributed by atoms with Gasteiger partial charge in [-0.2, -0.15) is 0 Å². The highest BCUT2D eigenvalue weighted by atomic mass is 79.9. The average molecular weight is 337 g/mol. The molecule has 100 valence electrons. The van der Waals surface area contributed by atoms with Gasteiger partial charge in [0.1, 0.15) is 15.6 Å². The normalized spacial score (nSPS) is 11.2. The van der Waals surface area contributed by atoms with E-state index in [1.807, 2.05) is 0 Å². The number of hydrogen-bond donors (Lipinski definition) is 1. The van der Waals surface area contributed by atoms with Crippen molar-refractivity contribution in [2.75, 3.05) is 18.6 Å². The van der Waals surface area contributed by atoms with Gasteiger partial charge in [-0.1, -0.05) is 0 Å². The van der Waals surface area contributed by atoms with Crippen LogP contribution in [-0.4, -0.2) is 38.1 Å². The molecule has 0 radical (unpaired) electrons. The summed E-state index contributed by atoms with van der Waals surface area (Å²) in [4.78, 5) is 10.8. The SMILES string of the molecule is CS(=O)(=O)CCCOc1cc(C(=O)O)ccc1Br. The third kappa shape index (κ3) is 5.05. The molecule has 0 bridgehead atoms. The van der Waals surface area contributed by atoms with Crippen molar-refractivity contribution >= 4 is 31.7 Å². The predicted molar refractivity (Wildman–Crippen MR) is 70.9 cm³/mol. The molecule has 1 aromatic rings. The fraction of sp³-hybridized carbons (Fsp3) is 0.364. The van der Waals surface area contributed by atoms with Gasteiger partial charge in [0.25, 0.3) is 0 Å². The lowest BCUT2D eigenvalue weighted by molar-refractivity contribution is 0.0696. The van der Waals surface area contributed by atoms with Crippen LogP contribution < -0.4 is 4.74 Å². The number of aromatic carboxylic acids is 1. The number of rotatable bonds is 6. The predicted octanol–water partition coefficient (Wildman–Crippen LogP) is 1.96. The van der Waals surface area contributed by atoms with E-state index in [4.69, 9.17) is 9.84 Å². The number of carbonyl (C=O) groups is 1. The average Bonchev–Trinajstić information content (AvgIpc) is 2.24. The van der Waals surface area contributed by atoms with E-state index in [-0.39, 0.29) is 17.9 Å². The summed E-state index contributed by atoms with van der Waals surface area (Å²) < 4.78 is 27.8. The minimum Gasteiger partial charge on any atom is -0.492 e. The lowest BCUT2D eigenvalue weighted by atomic mass is 10.2. The van der Waals surface area contributed by atoms with E-state index in [0.717, 1.165) is 6.26 Å². The maximum Gasteiger partial charge on any atom is 0.335 e. The van der Waals surface area contributed by atoms with Crippen molar-refractivity contribution in [3.8, 4) is 5.75 Å². The van der Waals surface area contributed by atoms with Crippen LogP contribution >= 0.6 is 15.9 Å². The van der Waals surface area contributed by atoms with Crippen molar-refractivity contribution in [2.24, 2.45) is 0 Å². The molecule has 0 saturated heterocycles. The molecule has 18 heavy (non-hydrogen) atoms. The standard InChI is InChI=1S/C11H13BrO5S/c1-18(15,16)6-2-5-17-10-7-8(11(13)14)3-4-9(10)12/h3-4,7H,2,5-6H2,1H3,(H,13,14). The van der Waals surface area contributed by atoms with Gasteiger partial charge in [0.2, 0.25) is 0 Å². The molecule has 1 N–H and O–H groups in total. The third-order valence-electron chi connectivity index (χ3n) is 2.10. The molecule has 0 aromatic heterocycles. The molecule has 0 heterocycles. The number of hydrogen-bond acceptors (Lipinski definition) is 4. The molecule has 0 aliphatic heterocycles. The summed E-state index contributed by atoms with van der Waals surface area (Å²) in [6, 6.07) is 4.43. The second-order valence-corrected chi connectivity index (χ2v) is 6.90. The molecule has 7 heteroatoms. The van der Waals surface area contributed by atoms with Gasteiger partial charge in [-0.05, 0) is 40.5 Å². The monoisotopic (exact) mass is 336 g/mol. The Morgan fingerprint density at radius 1 is 1.44 bits per heavy atom. The lowest BCUT2D eigenvalue weighted by Gasteiger charge is -2.08. The molecule has 0 spiro atoms. The number of sulfone groups is 1. The summed E-state index contributed by atoms with van der Waals surface area (Å²) in [6.45, 7) is 0.217. The number of benzene rings is 1. The van der Waals surface area contributed by atoms with Crippen LogP contribution in [-0.2, 0) is 9.84 Å². The lowest BCUT2D eigenvalue weighted by Crippen LogP contribution is -2.08. The van der Waals surface area contributed by atoms with Crippen LogP contribution in [0.1, 0.15) is 16.8 Å². The number of carboxylic acid groups (broad SMARTS) is 1. The molecule has 0 unspecified atom stereocenters. The van der Waals surface area contributed by atoms with Crippen LogP contribution in [0.3, 0.4) is 0 Å². The zero-order valence-electron chi connectivity index (χ0n) is 9.72. The highest BCUT2D eigenvalue weighted by molar-refractivity contribution is 9.10. The van der Waals surface area contributed by atoms with Gasteiger partial charge in [-0.15, -0.1) is 0 Å². The first-order chi connectivity index (χ1) is 8.29. The Balaban J connectivity index is 2.61. The van der Waals surface area contributed by atoms with E-state index in [1.165, 1.54) is 12.1 Å². The van der Waals surface area contributed by atoms with Crippen LogP contribution in [0.4, 0.5) is 0 Å². The summed E-state index contributed by atoms with van der Waals surface area (Å²) in [5.74, 6) is -0.602. The van der Waals surface area contributed by atoms with E-state index in [0.29, 0.717) is 16.6 Å². The van der Waals surface area contributed by atoms with Crippen molar-refractivity contribution in [3.05, 3.63) is 28.2 Å². The summed E-state index contributed by atoms with van der Waals surface area (Å²) in [5, 5.41) is 8.83. The first-order valence-corrected chi connectivity index (χ1v) is 7.98. The van der Waals surface area contributed by atoms with Gasteiger partial charge in [0, 0.05) is 6.26 Å². The topological polar surface area (TPSA) is 80.7 Å². The smallest absolute Gasteiger partial charge is 0.335 e. The number of carboxylic acids is 1. The van der Waals surface area contributed by atoms with Crippen molar-refractivity contribution in [2.45, 2.75) is 6.42 Å². The van der Waals surface area contributed by atoms with Crippen molar-refractivity contribution in [1.82, 2.24) is 0 Å². The van der Waals surface area contributed by atoms with E-state index in [1.54, 1.807) is 6.07 Å². The third-order valence-corrected chi connectivity index (χ3v) is 3.78. The van der Waals surface area contributed by atoms with Gasteiger partial charge < -0.3 is 9.84 Å². The molecule has 1 rings (SSSR count). The molecule has 0 fully saturated rings. The second-order valence-electron chi connectivity index (χ2n) is 3.78. The Labute approximate surface area is 114 Å². The van der Waals surface area contributed by atoms with Crippen molar-refractivity contribution in [1.29, 1.82) is 0 Å².